The number of carbonyl (C=O) groups excluding carboxylic acids is 1. The van der Waals surface area contributed by atoms with Gasteiger partial charge < -0.3 is 19.3 Å². The lowest BCUT2D eigenvalue weighted by Gasteiger charge is -2.18. The van der Waals surface area contributed by atoms with Crippen molar-refractivity contribution in [2.45, 2.75) is 17.7 Å². The highest BCUT2D eigenvalue weighted by atomic mass is 79.9. The fraction of sp³-hybridized carbons (Fsp3) is 0.217. The molecule has 1 heterocycles. The van der Waals surface area contributed by atoms with Gasteiger partial charge in [-0.3, -0.25) is 9.71 Å². The molecule has 3 aromatic rings. The highest BCUT2D eigenvalue weighted by Crippen LogP contribution is 2.40. The summed E-state index contributed by atoms with van der Waals surface area (Å²) in [7, 11) is -1.25. The second-order valence-corrected chi connectivity index (χ2v) is 10.0. The molecular formula is C23H19BrF4N2O7S. The first-order chi connectivity index (χ1) is 17.8. The summed E-state index contributed by atoms with van der Waals surface area (Å²) in [5.74, 6) is -2.63. The van der Waals surface area contributed by atoms with Crippen LogP contribution in [-0.2, 0) is 27.5 Å². The number of aliphatic hydroxyl groups excluding tert-OH is 1. The van der Waals surface area contributed by atoms with E-state index in [4.69, 9.17) is 9.47 Å². The highest BCUT2D eigenvalue weighted by molar-refractivity contribution is 9.10. The molecule has 0 radical (unpaired) electrons. The predicted molar refractivity (Wildman–Crippen MR) is 130 cm³/mol. The van der Waals surface area contributed by atoms with E-state index in [1.54, 1.807) is 0 Å². The average molecular weight is 623 g/mol. The zero-order valence-electron chi connectivity index (χ0n) is 19.8. The molecule has 0 spiro atoms. The molecule has 0 saturated heterocycles. The van der Waals surface area contributed by atoms with Gasteiger partial charge in [-0.05, 0) is 57.4 Å². The molecule has 0 aliphatic carbocycles. The number of benzene rings is 2. The largest absolute Gasteiger partial charge is 0.494 e. The van der Waals surface area contributed by atoms with Crippen LogP contribution in [0.25, 0.3) is 11.1 Å². The Balaban J connectivity index is 2.18. The lowest BCUT2D eigenvalue weighted by molar-refractivity contribution is -0.141. The standard InChI is InChI=1S/C23H19BrF4N2O7S/c1-35-20-15(24)4-12(22(32)37-3)7-18(20)38(33,34)30-17-6-11(5-16(25)21(17)36-2)14-9-29-19(23(26,27)28)8-13(14)10-31/h4-9,30-31H,10H2,1-3H3. The Morgan fingerprint density at radius 1 is 1.08 bits per heavy atom. The van der Waals surface area contributed by atoms with E-state index in [-0.39, 0.29) is 32.5 Å². The van der Waals surface area contributed by atoms with Crippen molar-refractivity contribution in [3.8, 4) is 22.6 Å². The van der Waals surface area contributed by atoms with Crippen LogP contribution in [0.5, 0.6) is 11.5 Å². The van der Waals surface area contributed by atoms with Gasteiger partial charge in [-0.2, -0.15) is 13.2 Å². The number of rotatable bonds is 8. The molecular weight excluding hydrogens is 604 g/mol. The molecule has 0 bridgehead atoms. The van der Waals surface area contributed by atoms with Gasteiger partial charge in [-0.15, -0.1) is 0 Å². The number of anilines is 1. The van der Waals surface area contributed by atoms with Gasteiger partial charge in [0.15, 0.2) is 17.3 Å². The number of aromatic nitrogens is 1. The second kappa shape index (κ2) is 11.1. The number of hydrogen-bond donors (Lipinski definition) is 2. The Labute approximate surface area is 222 Å². The normalized spacial score (nSPS) is 11.7. The van der Waals surface area contributed by atoms with Crippen LogP contribution in [0, 0.1) is 5.82 Å². The lowest BCUT2D eigenvalue weighted by atomic mass is 10.0. The van der Waals surface area contributed by atoms with Crippen molar-refractivity contribution in [3.63, 3.8) is 0 Å². The fourth-order valence-corrected chi connectivity index (χ4v) is 5.50. The van der Waals surface area contributed by atoms with Crippen molar-refractivity contribution in [1.29, 1.82) is 0 Å². The average Bonchev–Trinajstić information content (AvgIpc) is 2.86. The molecule has 2 aromatic carbocycles. The van der Waals surface area contributed by atoms with Gasteiger partial charge in [0, 0.05) is 11.8 Å². The van der Waals surface area contributed by atoms with Crippen molar-refractivity contribution >= 4 is 37.6 Å². The SMILES string of the molecule is COC(=O)c1cc(Br)c(OC)c(S(=O)(=O)Nc2cc(-c3cnc(C(F)(F)F)cc3CO)cc(F)c2OC)c1. The molecule has 0 saturated carbocycles. The number of hydrogen-bond acceptors (Lipinski definition) is 8. The van der Waals surface area contributed by atoms with Crippen LogP contribution in [0.4, 0.5) is 23.2 Å². The number of nitrogens with zero attached hydrogens (tertiary/aromatic N) is 1. The molecule has 1 aromatic heterocycles. The number of sulfonamides is 1. The molecule has 3 rings (SSSR count). The van der Waals surface area contributed by atoms with E-state index in [0.29, 0.717) is 6.07 Å². The van der Waals surface area contributed by atoms with E-state index in [0.717, 1.165) is 38.6 Å². The third-order valence-electron chi connectivity index (χ3n) is 5.18. The van der Waals surface area contributed by atoms with E-state index in [2.05, 4.69) is 30.4 Å². The van der Waals surface area contributed by atoms with Crippen molar-refractivity contribution in [1.82, 2.24) is 4.98 Å². The van der Waals surface area contributed by atoms with Crippen molar-refractivity contribution in [3.05, 3.63) is 63.6 Å². The Morgan fingerprint density at radius 3 is 2.29 bits per heavy atom. The number of pyridine rings is 1. The molecule has 9 nitrogen and oxygen atoms in total. The summed E-state index contributed by atoms with van der Waals surface area (Å²) in [5, 5.41) is 9.64. The Morgan fingerprint density at radius 2 is 1.74 bits per heavy atom. The van der Waals surface area contributed by atoms with Crippen LogP contribution in [0.3, 0.4) is 0 Å². The van der Waals surface area contributed by atoms with Gasteiger partial charge in [0.1, 0.15) is 10.6 Å². The van der Waals surface area contributed by atoms with Gasteiger partial charge in [0.05, 0.1) is 43.7 Å². The minimum absolute atomic E-state index is 0.0875. The van der Waals surface area contributed by atoms with E-state index >= 15 is 0 Å². The number of carbonyl (C=O) groups is 1. The van der Waals surface area contributed by atoms with Crippen molar-refractivity contribution in [2.24, 2.45) is 0 Å². The second-order valence-electron chi connectivity index (χ2n) is 7.51. The van der Waals surface area contributed by atoms with E-state index in [1.165, 1.54) is 13.2 Å². The first-order valence-electron chi connectivity index (χ1n) is 10.3. The van der Waals surface area contributed by atoms with E-state index < -0.39 is 56.6 Å². The molecule has 0 unspecified atom stereocenters. The van der Waals surface area contributed by atoms with Crippen LogP contribution in [0.1, 0.15) is 21.6 Å². The fourth-order valence-electron chi connectivity index (χ4n) is 3.48. The molecule has 204 valence electrons. The maximum atomic E-state index is 15.0. The number of aliphatic hydroxyl groups is 1. The molecule has 0 amide bonds. The molecule has 2 N–H and O–H groups in total. The number of nitrogens with one attached hydrogen (secondary N) is 1. The summed E-state index contributed by atoms with van der Waals surface area (Å²) in [4.78, 5) is 14.8. The Kier molecular flexibility index (Phi) is 8.53. The Hall–Kier alpha value is -3.43. The molecule has 0 aliphatic rings. The summed E-state index contributed by atoms with van der Waals surface area (Å²) in [6.07, 6.45) is -4.01. The number of esters is 1. The number of methoxy groups -OCH3 is 3. The first-order valence-corrected chi connectivity index (χ1v) is 12.6. The predicted octanol–water partition coefficient (Wildman–Crippen LogP) is 4.77. The highest BCUT2D eigenvalue weighted by Gasteiger charge is 2.33. The van der Waals surface area contributed by atoms with Crippen LogP contribution in [0.2, 0.25) is 0 Å². The van der Waals surface area contributed by atoms with Crippen molar-refractivity contribution in [2.75, 3.05) is 26.1 Å². The van der Waals surface area contributed by atoms with E-state index in [1.807, 2.05) is 0 Å². The number of halogens is 5. The van der Waals surface area contributed by atoms with Crippen LogP contribution < -0.4 is 14.2 Å². The molecule has 0 aliphatic heterocycles. The van der Waals surface area contributed by atoms with Crippen LogP contribution >= 0.6 is 15.9 Å². The summed E-state index contributed by atoms with van der Waals surface area (Å²) in [6.45, 7) is -0.846. The van der Waals surface area contributed by atoms with E-state index in [9.17, 15) is 35.9 Å². The minimum atomic E-state index is -4.79. The van der Waals surface area contributed by atoms with Crippen LogP contribution in [-0.4, -0.2) is 45.8 Å². The smallest absolute Gasteiger partial charge is 0.433 e. The topological polar surface area (TPSA) is 124 Å². The van der Waals surface area contributed by atoms with Gasteiger partial charge >= 0.3 is 12.1 Å². The summed E-state index contributed by atoms with van der Waals surface area (Å²) in [5.41, 5.74) is -2.28. The van der Waals surface area contributed by atoms with Crippen LogP contribution in [0.15, 0.2) is 45.9 Å². The quantitative estimate of drug-likeness (QED) is 0.272. The van der Waals surface area contributed by atoms with Gasteiger partial charge in [-0.1, -0.05) is 0 Å². The molecule has 38 heavy (non-hydrogen) atoms. The van der Waals surface area contributed by atoms with Crippen molar-refractivity contribution < 1.29 is 50.1 Å². The lowest BCUT2D eigenvalue weighted by Crippen LogP contribution is -2.17. The maximum absolute atomic E-state index is 15.0. The molecule has 15 heteroatoms. The number of alkyl halides is 3. The first kappa shape index (κ1) is 29.1. The minimum Gasteiger partial charge on any atom is -0.494 e. The monoisotopic (exact) mass is 622 g/mol. The summed E-state index contributed by atoms with van der Waals surface area (Å²) in [6, 6.07) is 4.83. The van der Waals surface area contributed by atoms with Gasteiger partial charge in [0.25, 0.3) is 10.0 Å². The summed E-state index contributed by atoms with van der Waals surface area (Å²) < 4.78 is 98.0. The maximum Gasteiger partial charge on any atom is 0.433 e. The zero-order valence-corrected chi connectivity index (χ0v) is 22.2. The molecule has 0 atom stereocenters. The van der Waals surface area contributed by atoms with Gasteiger partial charge in [-0.25, -0.2) is 17.6 Å². The third-order valence-corrected chi connectivity index (χ3v) is 7.14. The zero-order chi connectivity index (χ0) is 28.4. The van der Waals surface area contributed by atoms with Gasteiger partial charge in [0.2, 0.25) is 0 Å². The third kappa shape index (κ3) is 5.84. The number of ether oxygens (including phenoxy) is 3. The molecule has 0 fully saturated rings. The Bertz CT molecular complexity index is 1500. The summed E-state index contributed by atoms with van der Waals surface area (Å²) >= 11 is 3.13.